The number of carboxylic acids is 1. The molecule has 0 spiro atoms. The predicted molar refractivity (Wildman–Crippen MR) is 84.0 cm³/mol. The van der Waals surface area contributed by atoms with Gasteiger partial charge in [0.15, 0.2) is 0 Å². The minimum atomic E-state index is -0.872. The molecule has 0 aliphatic carbocycles. The molecule has 0 saturated carbocycles. The van der Waals surface area contributed by atoms with Crippen molar-refractivity contribution in [2.75, 3.05) is 20.8 Å². The number of methoxy groups -OCH3 is 2. The highest BCUT2D eigenvalue weighted by atomic mass is 16.5. The number of carboxylic acid groups (broad SMARTS) is 1. The van der Waals surface area contributed by atoms with Crippen LogP contribution in [0, 0.1) is 0 Å². The Morgan fingerprint density at radius 2 is 1.58 bits per heavy atom. The summed E-state index contributed by atoms with van der Waals surface area (Å²) < 4.78 is 14.9. The first kappa shape index (κ1) is 19.4. The molecular formula is C16H21NO7. The predicted octanol–water partition coefficient (Wildman–Crippen LogP) is 1.35. The van der Waals surface area contributed by atoms with E-state index in [0.29, 0.717) is 18.4 Å². The average molecular weight is 339 g/mol. The Labute approximate surface area is 139 Å². The molecule has 8 nitrogen and oxygen atoms in total. The number of nitrogens with two attached hydrogens (primary N) is 1. The summed E-state index contributed by atoms with van der Waals surface area (Å²) in [5.41, 5.74) is 6.21. The van der Waals surface area contributed by atoms with Crippen molar-refractivity contribution in [3.05, 3.63) is 28.8 Å². The molecule has 0 fully saturated rings. The van der Waals surface area contributed by atoms with Crippen LogP contribution in [0.1, 0.15) is 45.5 Å². The van der Waals surface area contributed by atoms with Crippen molar-refractivity contribution in [3.63, 3.8) is 0 Å². The third-order valence-electron chi connectivity index (χ3n) is 3.29. The summed E-state index contributed by atoms with van der Waals surface area (Å²) in [5.74, 6) is -1.87. The summed E-state index contributed by atoms with van der Waals surface area (Å²) in [6.45, 7) is 0.199. The molecule has 0 aliphatic heterocycles. The maximum Gasteiger partial charge on any atom is 0.338 e. The molecule has 1 aromatic rings. The second-order valence-corrected chi connectivity index (χ2v) is 4.88. The van der Waals surface area contributed by atoms with Crippen molar-refractivity contribution in [1.82, 2.24) is 0 Å². The topological polar surface area (TPSA) is 125 Å². The number of ether oxygens (including phenoxy) is 3. The number of rotatable bonds is 9. The monoisotopic (exact) mass is 339 g/mol. The number of hydrogen-bond donors (Lipinski definition) is 2. The van der Waals surface area contributed by atoms with E-state index < -0.39 is 17.9 Å². The van der Waals surface area contributed by atoms with E-state index in [2.05, 4.69) is 0 Å². The van der Waals surface area contributed by atoms with Gasteiger partial charge in [-0.3, -0.25) is 4.79 Å². The largest absolute Gasteiger partial charge is 0.494 e. The lowest BCUT2D eigenvalue weighted by Crippen LogP contribution is -2.16. The zero-order valence-corrected chi connectivity index (χ0v) is 13.7. The molecule has 1 rings (SSSR count). The van der Waals surface area contributed by atoms with Gasteiger partial charge in [-0.2, -0.15) is 0 Å². The van der Waals surface area contributed by atoms with E-state index in [4.69, 9.17) is 25.1 Å². The highest BCUT2D eigenvalue weighted by molar-refractivity contribution is 5.98. The summed E-state index contributed by atoms with van der Waals surface area (Å²) in [7, 11) is 2.44. The number of unbranched alkanes of at least 4 members (excludes halogenated alkanes) is 1. The van der Waals surface area contributed by atoms with Crippen molar-refractivity contribution in [2.24, 2.45) is 5.73 Å². The number of carbonyl (C=O) groups is 3. The van der Waals surface area contributed by atoms with E-state index in [9.17, 15) is 14.4 Å². The summed E-state index contributed by atoms with van der Waals surface area (Å²) in [4.78, 5) is 34.3. The lowest BCUT2D eigenvalue weighted by Gasteiger charge is -2.14. The van der Waals surface area contributed by atoms with Crippen LogP contribution in [-0.4, -0.2) is 43.8 Å². The zero-order chi connectivity index (χ0) is 18.1. The molecule has 0 bridgehead atoms. The molecule has 24 heavy (non-hydrogen) atoms. The maximum atomic E-state index is 11.9. The standard InChI is InChI=1S/C16H21NO7/c1-22-15(20)11-7-10(24-6-4-3-5-14(18)19)8-12(13(11)9-17)16(21)23-2/h7-8H,3-6,9,17H2,1-2H3,(H,18,19). The number of hydrogen-bond acceptors (Lipinski definition) is 7. The zero-order valence-electron chi connectivity index (χ0n) is 13.7. The van der Waals surface area contributed by atoms with Gasteiger partial charge in [-0.25, -0.2) is 9.59 Å². The van der Waals surface area contributed by atoms with E-state index in [-0.39, 0.29) is 36.4 Å². The molecule has 0 radical (unpaired) electrons. The number of esters is 2. The molecule has 1 aromatic carbocycles. The van der Waals surface area contributed by atoms with Gasteiger partial charge in [-0.1, -0.05) is 0 Å². The fraction of sp³-hybridized carbons (Fsp3) is 0.438. The quantitative estimate of drug-likeness (QED) is 0.510. The van der Waals surface area contributed by atoms with Crippen LogP contribution in [-0.2, 0) is 20.8 Å². The van der Waals surface area contributed by atoms with Gasteiger partial charge in [0.25, 0.3) is 0 Å². The number of benzene rings is 1. The molecule has 0 heterocycles. The molecule has 0 saturated heterocycles. The van der Waals surface area contributed by atoms with E-state index >= 15 is 0 Å². The summed E-state index contributed by atoms with van der Waals surface area (Å²) in [6.07, 6.45) is 1.03. The molecule has 132 valence electrons. The smallest absolute Gasteiger partial charge is 0.338 e. The molecule has 0 unspecified atom stereocenters. The average Bonchev–Trinajstić information content (AvgIpc) is 2.58. The van der Waals surface area contributed by atoms with Gasteiger partial charge in [-0.15, -0.1) is 0 Å². The first-order valence-corrected chi connectivity index (χ1v) is 7.32. The SMILES string of the molecule is COC(=O)c1cc(OCCCCC(=O)O)cc(C(=O)OC)c1CN. The fourth-order valence-corrected chi connectivity index (χ4v) is 2.10. The van der Waals surface area contributed by atoms with Gasteiger partial charge in [0.1, 0.15) is 5.75 Å². The minimum Gasteiger partial charge on any atom is -0.494 e. The number of aliphatic carboxylic acids is 1. The first-order chi connectivity index (χ1) is 11.4. The van der Waals surface area contributed by atoms with Gasteiger partial charge < -0.3 is 25.1 Å². The van der Waals surface area contributed by atoms with Crippen LogP contribution in [0.2, 0.25) is 0 Å². The lowest BCUT2D eigenvalue weighted by molar-refractivity contribution is -0.137. The summed E-state index contributed by atoms with van der Waals surface area (Å²) >= 11 is 0. The fourth-order valence-electron chi connectivity index (χ4n) is 2.10. The van der Waals surface area contributed by atoms with Crippen LogP contribution in [0.5, 0.6) is 5.75 Å². The summed E-state index contributed by atoms with van der Waals surface area (Å²) in [6, 6.07) is 2.88. The first-order valence-electron chi connectivity index (χ1n) is 7.32. The molecule has 3 N–H and O–H groups in total. The Morgan fingerprint density at radius 1 is 1.04 bits per heavy atom. The third-order valence-corrected chi connectivity index (χ3v) is 3.29. The molecule has 0 amide bonds. The van der Waals surface area contributed by atoms with Crippen LogP contribution >= 0.6 is 0 Å². The van der Waals surface area contributed by atoms with Gasteiger partial charge in [-0.05, 0) is 30.5 Å². The van der Waals surface area contributed by atoms with Gasteiger partial charge in [0.05, 0.1) is 32.0 Å². The highest BCUT2D eigenvalue weighted by Crippen LogP contribution is 2.24. The minimum absolute atomic E-state index is 0.0479. The Balaban J connectivity index is 3.01. The second-order valence-electron chi connectivity index (χ2n) is 4.88. The van der Waals surface area contributed by atoms with Crippen molar-refractivity contribution in [1.29, 1.82) is 0 Å². The van der Waals surface area contributed by atoms with Crippen LogP contribution < -0.4 is 10.5 Å². The van der Waals surface area contributed by atoms with E-state index in [1.807, 2.05) is 0 Å². The third kappa shape index (κ3) is 5.24. The van der Waals surface area contributed by atoms with E-state index in [0.717, 1.165) is 0 Å². The number of carbonyl (C=O) groups excluding carboxylic acids is 2. The Hall–Kier alpha value is -2.61. The Bertz CT molecular complexity index is 575. The maximum absolute atomic E-state index is 11.9. The van der Waals surface area contributed by atoms with Gasteiger partial charge in [0.2, 0.25) is 0 Å². The van der Waals surface area contributed by atoms with Gasteiger partial charge in [0, 0.05) is 13.0 Å². The molecule has 0 atom stereocenters. The molecule has 0 aliphatic rings. The van der Waals surface area contributed by atoms with Gasteiger partial charge >= 0.3 is 17.9 Å². The van der Waals surface area contributed by atoms with Crippen LogP contribution in [0.3, 0.4) is 0 Å². The normalized spacial score (nSPS) is 10.1. The summed E-state index contributed by atoms with van der Waals surface area (Å²) in [5, 5.41) is 8.58. The van der Waals surface area contributed by atoms with Crippen molar-refractivity contribution < 1.29 is 33.7 Å². The van der Waals surface area contributed by atoms with Crippen molar-refractivity contribution in [2.45, 2.75) is 25.8 Å². The van der Waals surface area contributed by atoms with Crippen LogP contribution in [0.15, 0.2) is 12.1 Å². The lowest BCUT2D eigenvalue weighted by atomic mass is 10.00. The van der Waals surface area contributed by atoms with E-state index in [1.165, 1.54) is 26.4 Å². The van der Waals surface area contributed by atoms with Crippen molar-refractivity contribution >= 4 is 17.9 Å². The second kappa shape index (κ2) is 9.51. The Morgan fingerprint density at radius 3 is 2.00 bits per heavy atom. The highest BCUT2D eigenvalue weighted by Gasteiger charge is 2.21. The Kier molecular flexibility index (Phi) is 7.70. The molecular weight excluding hydrogens is 318 g/mol. The van der Waals surface area contributed by atoms with Crippen LogP contribution in [0.4, 0.5) is 0 Å². The molecule has 0 aromatic heterocycles. The van der Waals surface area contributed by atoms with Crippen LogP contribution in [0.25, 0.3) is 0 Å². The molecule has 8 heteroatoms. The van der Waals surface area contributed by atoms with E-state index in [1.54, 1.807) is 0 Å². The van der Waals surface area contributed by atoms with Crippen molar-refractivity contribution in [3.8, 4) is 5.75 Å².